The van der Waals surface area contributed by atoms with E-state index in [2.05, 4.69) is 21.8 Å². The summed E-state index contributed by atoms with van der Waals surface area (Å²) in [7, 11) is 0. The third kappa shape index (κ3) is 3.65. The van der Waals surface area contributed by atoms with Crippen LogP contribution in [-0.2, 0) is 4.79 Å². The van der Waals surface area contributed by atoms with E-state index in [1.807, 2.05) is 18.2 Å². The van der Waals surface area contributed by atoms with Gasteiger partial charge in [-0.05, 0) is 24.3 Å². The molecule has 120 valence electrons. The number of anilines is 1. The van der Waals surface area contributed by atoms with Crippen molar-refractivity contribution in [1.29, 1.82) is 0 Å². The Balaban J connectivity index is 1.93. The lowest BCUT2D eigenvalue weighted by atomic mass is 10.1. The number of thioether (sulfide) groups is 1. The average molecular weight is 358 g/mol. The lowest BCUT2D eigenvalue weighted by Gasteiger charge is -1.97. The number of imidazole rings is 1. The number of H-pyrrole nitrogens is 1. The smallest absolute Gasteiger partial charge is 0.313 e. The second kappa shape index (κ2) is 6.87. The van der Waals surface area contributed by atoms with Gasteiger partial charge in [0.1, 0.15) is 0 Å². The van der Waals surface area contributed by atoms with Crippen molar-refractivity contribution in [2.75, 3.05) is 11.5 Å². The van der Waals surface area contributed by atoms with Crippen LogP contribution in [0.25, 0.3) is 11.0 Å². The van der Waals surface area contributed by atoms with Crippen LogP contribution in [0, 0.1) is 11.8 Å². The van der Waals surface area contributed by atoms with Crippen LogP contribution in [0.5, 0.6) is 0 Å². The van der Waals surface area contributed by atoms with Gasteiger partial charge in [0.25, 0.3) is 0 Å². The summed E-state index contributed by atoms with van der Waals surface area (Å²) in [5.74, 6) is 5.06. The van der Waals surface area contributed by atoms with Crippen LogP contribution in [0.4, 0.5) is 5.69 Å². The highest BCUT2D eigenvalue weighted by Crippen LogP contribution is 2.25. The summed E-state index contributed by atoms with van der Waals surface area (Å²) in [5.41, 5.74) is 9.27. The van der Waals surface area contributed by atoms with Crippen LogP contribution in [0.2, 0.25) is 5.02 Å². The molecule has 1 aromatic heterocycles. The van der Waals surface area contributed by atoms with Crippen molar-refractivity contribution in [3.05, 3.63) is 52.5 Å². The summed E-state index contributed by atoms with van der Waals surface area (Å²) in [6, 6.07) is 10.8. The fourth-order valence-corrected chi connectivity index (χ4v) is 2.86. The zero-order valence-electron chi connectivity index (χ0n) is 12.3. The van der Waals surface area contributed by atoms with E-state index >= 15 is 0 Å². The number of halogens is 1. The van der Waals surface area contributed by atoms with Gasteiger partial charge in [0, 0.05) is 16.8 Å². The number of aromatic nitrogens is 2. The summed E-state index contributed by atoms with van der Waals surface area (Å²) in [4.78, 5) is 18.0. The lowest BCUT2D eigenvalue weighted by Crippen LogP contribution is -1.97. The molecule has 0 aliphatic heterocycles. The third-order valence-corrected chi connectivity index (χ3v) is 4.34. The largest absolute Gasteiger partial charge is 0.481 e. The van der Waals surface area contributed by atoms with Crippen molar-refractivity contribution in [2.24, 2.45) is 0 Å². The molecule has 3 rings (SSSR count). The maximum Gasteiger partial charge on any atom is 0.313 e. The molecule has 0 amide bonds. The summed E-state index contributed by atoms with van der Waals surface area (Å²) in [5, 5.41) is 9.73. The first kappa shape index (κ1) is 16.2. The number of carboxylic acids is 1. The van der Waals surface area contributed by atoms with Gasteiger partial charge in [0.2, 0.25) is 0 Å². The first-order valence-corrected chi connectivity index (χ1v) is 8.29. The Kier molecular flexibility index (Phi) is 4.65. The van der Waals surface area contributed by atoms with Gasteiger partial charge >= 0.3 is 5.97 Å². The quantitative estimate of drug-likeness (QED) is 0.379. The molecule has 7 heteroatoms. The number of nitrogens with two attached hydrogens (primary N) is 1. The number of carboxylic acid groups (broad SMARTS) is 1. The highest BCUT2D eigenvalue weighted by atomic mass is 35.5. The van der Waals surface area contributed by atoms with Gasteiger partial charge in [-0.1, -0.05) is 47.3 Å². The first-order valence-electron chi connectivity index (χ1n) is 6.93. The number of benzene rings is 2. The Labute approximate surface area is 147 Å². The van der Waals surface area contributed by atoms with Crippen LogP contribution in [0.3, 0.4) is 0 Å². The predicted molar refractivity (Wildman–Crippen MR) is 96.3 cm³/mol. The molecule has 24 heavy (non-hydrogen) atoms. The Morgan fingerprint density at radius 1 is 1.29 bits per heavy atom. The number of nitrogens with zero attached hydrogens (tertiary/aromatic N) is 1. The molecule has 0 atom stereocenters. The fourth-order valence-electron chi connectivity index (χ4n) is 2.05. The second-order valence-electron chi connectivity index (χ2n) is 4.91. The van der Waals surface area contributed by atoms with Crippen molar-refractivity contribution in [3.63, 3.8) is 0 Å². The number of aromatic amines is 1. The van der Waals surface area contributed by atoms with Crippen LogP contribution >= 0.6 is 23.4 Å². The molecule has 0 unspecified atom stereocenters. The average Bonchev–Trinajstić information content (AvgIpc) is 2.93. The highest BCUT2D eigenvalue weighted by molar-refractivity contribution is 7.99. The number of nitrogen functional groups attached to an aromatic ring is 1. The van der Waals surface area contributed by atoms with Gasteiger partial charge in [-0.15, -0.1) is 0 Å². The molecule has 0 aliphatic carbocycles. The number of hydrogen-bond donors (Lipinski definition) is 3. The van der Waals surface area contributed by atoms with Crippen molar-refractivity contribution >= 4 is 46.1 Å². The molecule has 0 radical (unpaired) electrons. The van der Waals surface area contributed by atoms with Crippen LogP contribution in [0.1, 0.15) is 11.1 Å². The summed E-state index contributed by atoms with van der Waals surface area (Å²) in [6.07, 6.45) is 0. The standard InChI is InChI=1S/C17H12ClN3O2S/c18-12-8-15-14(20-17(21-15)24-9-16(22)23)7-11(12)6-5-10-3-1-2-4-13(10)19/h1-4,7-8H,9,19H2,(H,20,21)(H,22,23). The number of para-hydroxylation sites is 1. The van der Waals surface area contributed by atoms with E-state index in [0.29, 0.717) is 26.9 Å². The molecule has 2 aromatic carbocycles. The maximum absolute atomic E-state index is 10.6. The minimum Gasteiger partial charge on any atom is -0.481 e. The van der Waals surface area contributed by atoms with E-state index in [0.717, 1.165) is 22.8 Å². The maximum atomic E-state index is 10.6. The molecule has 4 N–H and O–H groups in total. The van der Waals surface area contributed by atoms with Gasteiger partial charge < -0.3 is 15.8 Å². The van der Waals surface area contributed by atoms with Crippen LogP contribution < -0.4 is 5.73 Å². The van der Waals surface area contributed by atoms with Crippen molar-refractivity contribution in [1.82, 2.24) is 9.97 Å². The Hall–Kier alpha value is -2.62. The fraction of sp³-hybridized carbons (Fsp3) is 0.0588. The molecule has 0 fully saturated rings. The molecule has 0 saturated carbocycles. The van der Waals surface area contributed by atoms with E-state index < -0.39 is 5.97 Å². The Morgan fingerprint density at radius 2 is 2.04 bits per heavy atom. The Morgan fingerprint density at radius 3 is 2.79 bits per heavy atom. The van der Waals surface area contributed by atoms with E-state index in [-0.39, 0.29) is 5.75 Å². The first-order chi connectivity index (χ1) is 11.5. The monoisotopic (exact) mass is 357 g/mol. The summed E-state index contributed by atoms with van der Waals surface area (Å²) in [6.45, 7) is 0. The van der Waals surface area contributed by atoms with E-state index in [9.17, 15) is 4.79 Å². The van der Waals surface area contributed by atoms with Gasteiger partial charge in [-0.3, -0.25) is 4.79 Å². The zero-order chi connectivity index (χ0) is 17.1. The third-order valence-electron chi connectivity index (χ3n) is 3.17. The second-order valence-corrected chi connectivity index (χ2v) is 6.28. The molecule has 0 bridgehead atoms. The van der Waals surface area contributed by atoms with E-state index in [1.54, 1.807) is 18.2 Å². The zero-order valence-corrected chi connectivity index (χ0v) is 13.9. The molecule has 3 aromatic rings. The normalized spacial score (nSPS) is 10.4. The number of carbonyl (C=O) groups is 1. The number of nitrogens with one attached hydrogen (secondary N) is 1. The topological polar surface area (TPSA) is 92.0 Å². The summed E-state index contributed by atoms with van der Waals surface area (Å²) >= 11 is 7.37. The van der Waals surface area contributed by atoms with Gasteiger partial charge in [-0.2, -0.15) is 0 Å². The molecular weight excluding hydrogens is 346 g/mol. The van der Waals surface area contributed by atoms with E-state index in [4.69, 9.17) is 22.4 Å². The SMILES string of the molecule is Nc1ccccc1C#Cc1cc2[nH]c(SCC(=O)O)nc2cc1Cl. The van der Waals surface area contributed by atoms with Crippen LogP contribution in [-0.4, -0.2) is 26.8 Å². The van der Waals surface area contributed by atoms with Gasteiger partial charge in [-0.25, -0.2) is 4.98 Å². The molecule has 0 spiro atoms. The van der Waals surface area contributed by atoms with Crippen molar-refractivity contribution in [3.8, 4) is 11.8 Å². The minimum absolute atomic E-state index is 0.0620. The molecule has 0 aliphatic rings. The molecule has 5 nitrogen and oxygen atoms in total. The number of aliphatic carboxylic acids is 1. The number of hydrogen-bond acceptors (Lipinski definition) is 4. The van der Waals surface area contributed by atoms with Crippen molar-refractivity contribution in [2.45, 2.75) is 5.16 Å². The molecular formula is C17H12ClN3O2S. The number of fused-ring (bicyclic) bond motifs is 1. The van der Waals surface area contributed by atoms with E-state index in [1.165, 1.54) is 0 Å². The lowest BCUT2D eigenvalue weighted by molar-refractivity contribution is -0.133. The molecule has 1 heterocycles. The number of rotatable bonds is 3. The predicted octanol–water partition coefficient (Wildman–Crippen LogP) is 3.38. The highest BCUT2D eigenvalue weighted by Gasteiger charge is 2.08. The van der Waals surface area contributed by atoms with Gasteiger partial charge in [0.05, 0.1) is 21.8 Å². The van der Waals surface area contributed by atoms with Crippen LogP contribution in [0.15, 0.2) is 41.6 Å². The Bertz CT molecular complexity index is 988. The summed E-state index contributed by atoms with van der Waals surface area (Å²) < 4.78 is 0. The minimum atomic E-state index is -0.898. The van der Waals surface area contributed by atoms with Gasteiger partial charge in [0.15, 0.2) is 5.16 Å². The molecule has 0 saturated heterocycles. The van der Waals surface area contributed by atoms with Crippen molar-refractivity contribution < 1.29 is 9.90 Å².